The van der Waals surface area contributed by atoms with Crippen molar-refractivity contribution in [1.29, 1.82) is 0 Å². The highest BCUT2D eigenvalue weighted by molar-refractivity contribution is 5.79. The Morgan fingerprint density at radius 1 is 1.00 bits per heavy atom. The van der Waals surface area contributed by atoms with Gasteiger partial charge in [-0.2, -0.15) is 0 Å². The lowest BCUT2D eigenvalue weighted by Crippen LogP contribution is -1.98. The molecular formula is C14H12N4O. The summed E-state index contributed by atoms with van der Waals surface area (Å²) in [7, 11) is 0. The van der Waals surface area contributed by atoms with Gasteiger partial charge >= 0.3 is 0 Å². The van der Waals surface area contributed by atoms with Crippen LogP contribution < -0.4 is 0 Å². The standard InChI is InChI=1S/C14H12N4O/c1-9-6-11(8-19)18-14(17-9)10-2-3-12-13(7-10)16-5-4-15-12/h2-7,19H,8H2,1H3. The van der Waals surface area contributed by atoms with E-state index in [-0.39, 0.29) is 6.61 Å². The number of nitrogens with zero attached hydrogens (tertiary/aromatic N) is 4. The van der Waals surface area contributed by atoms with E-state index in [4.69, 9.17) is 0 Å². The van der Waals surface area contributed by atoms with Gasteiger partial charge in [-0.25, -0.2) is 9.97 Å². The lowest BCUT2D eigenvalue weighted by atomic mass is 10.1. The molecule has 3 aromatic rings. The van der Waals surface area contributed by atoms with E-state index >= 15 is 0 Å². The quantitative estimate of drug-likeness (QED) is 0.754. The van der Waals surface area contributed by atoms with Crippen molar-refractivity contribution in [3.05, 3.63) is 48.0 Å². The number of aliphatic hydroxyl groups is 1. The van der Waals surface area contributed by atoms with E-state index in [1.54, 1.807) is 18.5 Å². The van der Waals surface area contributed by atoms with Gasteiger partial charge in [-0.15, -0.1) is 0 Å². The summed E-state index contributed by atoms with van der Waals surface area (Å²) in [5, 5.41) is 9.19. The second kappa shape index (κ2) is 4.70. The van der Waals surface area contributed by atoms with Gasteiger partial charge in [0.25, 0.3) is 0 Å². The summed E-state index contributed by atoms with van der Waals surface area (Å²) in [6.07, 6.45) is 3.32. The summed E-state index contributed by atoms with van der Waals surface area (Å²) < 4.78 is 0. The van der Waals surface area contributed by atoms with Crippen molar-refractivity contribution >= 4 is 11.0 Å². The molecule has 5 nitrogen and oxygen atoms in total. The molecule has 0 aliphatic rings. The molecule has 1 N–H and O–H groups in total. The Morgan fingerprint density at radius 3 is 2.58 bits per heavy atom. The SMILES string of the molecule is Cc1cc(CO)nc(-c2ccc3nccnc3c2)n1. The third-order valence-electron chi connectivity index (χ3n) is 2.80. The van der Waals surface area contributed by atoms with Crippen molar-refractivity contribution in [1.82, 2.24) is 19.9 Å². The molecule has 0 fully saturated rings. The Hall–Kier alpha value is -2.40. The van der Waals surface area contributed by atoms with Crippen LogP contribution in [0.5, 0.6) is 0 Å². The minimum Gasteiger partial charge on any atom is -0.390 e. The van der Waals surface area contributed by atoms with Crippen LogP contribution in [0.3, 0.4) is 0 Å². The van der Waals surface area contributed by atoms with Gasteiger partial charge in [-0.3, -0.25) is 9.97 Å². The first-order valence-corrected chi connectivity index (χ1v) is 5.93. The van der Waals surface area contributed by atoms with E-state index in [1.807, 2.05) is 25.1 Å². The van der Waals surface area contributed by atoms with Gasteiger partial charge in [0.1, 0.15) is 0 Å². The zero-order chi connectivity index (χ0) is 13.2. The number of aromatic nitrogens is 4. The fourth-order valence-corrected chi connectivity index (χ4v) is 1.95. The van der Waals surface area contributed by atoms with Crippen LogP contribution in [0.4, 0.5) is 0 Å². The largest absolute Gasteiger partial charge is 0.390 e. The number of rotatable bonds is 2. The van der Waals surface area contributed by atoms with Crippen LogP contribution in [0.25, 0.3) is 22.4 Å². The van der Waals surface area contributed by atoms with Gasteiger partial charge in [0.15, 0.2) is 5.82 Å². The molecule has 2 heterocycles. The number of hydrogen-bond donors (Lipinski definition) is 1. The van der Waals surface area contributed by atoms with Gasteiger partial charge in [0.2, 0.25) is 0 Å². The molecule has 19 heavy (non-hydrogen) atoms. The van der Waals surface area contributed by atoms with Gasteiger partial charge in [0, 0.05) is 23.7 Å². The number of hydrogen-bond acceptors (Lipinski definition) is 5. The van der Waals surface area contributed by atoms with E-state index in [0.717, 1.165) is 22.3 Å². The van der Waals surface area contributed by atoms with Gasteiger partial charge < -0.3 is 5.11 Å². The van der Waals surface area contributed by atoms with Crippen LogP contribution >= 0.6 is 0 Å². The zero-order valence-corrected chi connectivity index (χ0v) is 10.4. The molecule has 3 rings (SSSR count). The minimum atomic E-state index is -0.0935. The van der Waals surface area contributed by atoms with Crippen LogP contribution in [0.1, 0.15) is 11.4 Å². The third-order valence-corrected chi connectivity index (χ3v) is 2.80. The molecule has 0 radical (unpaired) electrons. The Labute approximate surface area is 110 Å². The van der Waals surface area contributed by atoms with Gasteiger partial charge in [0.05, 0.1) is 23.3 Å². The molecule has 1 aromatic carbocycles. The van der Waals surface area contributed by atoms with Gasteiger partial charge in [-0.1, -0.05) is 0 Å². The normalized spacial score (nSPS) is 10.8. The highest BCUT2D eigenvalue weighted by Gasteiger charge is 2.06. The van der Waals surface area contributed by atoms with Crippen LogP contribution in [-0.2, 0) is 6.61 Å². The maximum atomic E-state index is 9.19. The van der Waals surface area contributed by atoms with Crippen molar-refractivity contribution < 1.29 is 5.11 Å². The Bertz CT molecular complexity index is 742. The smallest absolute Gasteiger partial charge is 0.159 e. The lowest BCUT2D eigenvalue weighted by molar-refractivity contribution is 0.276. The Morgan fingerprint density at radius 2 is 1.79 bits per heavy atom. The first-order valence-electron chi connectivity index (χ1n) is 5.93. The summed E-state index contributed by atoms with van der Waals surface area (Å²) >= 11 is 0. The lowest BCUT2D eigenvalue weighted by Gasteiger charge is -2.05. The molecule has 0 saturated heterocycles. The molecule has 0 unspecified atom stereocenters. The van der Waals surface area contributed by atoms with Crippen LogP contribution in [0, 0.1) is 6.92 Å². The van der Waals surface area contributed by atoms with Crippen molar-refractivity contribution in [3.8, 4) is 11.4 Å². The van der Waals surface area contributed by atoms with E-state index in [9.17, 15) is 5.11 Å². The molecule has 0 amide bonds. The summed E-state index contributed by atoms with van der Waals surface area (Å²) in [6.45, 7) is 1.79. The maximum absolute atomic E-state index is 9.19. The average molecular weight is 252 g/mol. The van der Waals surface area contributed by atoms with Gasteiger partial charge in [-0.05, 0) is 31.2 Å². The monoisotopic (exact) mass is 252 g/mol. The van der Waals surface area contributed by atoms with Crippen molar-refractivity contribution in [2.75, 3.05) is 0 Å². The van der Waals surface area contributed by atoms with Crippen LogP contribution in [-0.4, -0.2) is 25.0 Å². The number of benzene rings is 1. The fraction of sp³-hybridized carbons (Fsp3) is 0.143. The summed E-state index contributed by atoms with van der Waals surface area (Å²) in [6, 6.07) is 7.47. The highest BCUT2D eigenvalue weighted by atomic mass is 16.3. The molecule has 0 bridgehead atoms. The van der Waals surface area contributed by atoms with Crippen molar-refractivity contribution in [2.24, 2.45) is 0 Å². The Kier molecular flexibility index (Phi) is 2.89. The first kappa shape index (κ1) is 11.7. The van der Waals surface area contributed by atoms with E-state index < -0.39 is 0 Å². The molecule has 0 aliphatic carbocycles. The van der Waals surface area contributed by atoms with Crippen molar-refractivity contribution in [2.45, 2.75) is 13.5 Å². The predicted molar refractivity (Wildman–Crippen MR) is 71.2 cm³/mol. The predicted octanol–water partition coefficient (Wildman–Crippen LogP) is 1.89. The zero-order valence-electron chi connectivity index (χ0n) is 10.4. The Balaban J connectivity index is 2.15. The van der Waals surface area contributed by atoms with Crippen molar-refractivity contribution in [3.63, 3.8) is 0 Å². The molecule has 0 atom stereocenters. The second-order valence-electron chi connectivity index (χ2n) is 4.24. The first-order chi connectivity index (χ1) is 9.26. The molecule has 0 spiro atoms. The number of aliphatic hydroxyl groups excluding tert-OH is 1. The van der Waals surface area contributed by atoms with Crippen LogP contribution in [0.2, 0.25) is 0 Å². The number of aryl methyl sites for hydroxylation is 1. The molecule has 0 saturated carbocycles. The molecular weight excluding hydrogens is 240 g/mol. The third kappa shape index (κ3) is 2.28. The van der Waals surface area contributed by atoms with Crippen LogP contribution in [0.15, 0.2) is 36.7 Å². The van der Waals surface area contributed by atoms with E-state index in [1.165, 1.54) is 0 Å². The second-order valence-corrected chi connectivity index (χ2v) is 4.24. The molecule has 0 aliphatic heterocycles. The molecule has 5 heteroatoms. The summed E-state index contributed by atoms with van der Waals surface area (Å²) in [5.74, 6) is 0.594. The highest BCUT2D eigenvalue weighted by Crippen LogP contribution is 2.20. The fourth-order valence-electron chi connectivity index (χ4n) is 1.95. The minimum absolute atomic E-state index is 0.0935. The maximum Gasteiger partial charge on any atom is 0.159 e. The average Bonchev–Trinajstić information content (AvgIpc) is 2.46. The molecule has 2 aromatic heterocycles. The summed E-state index contributed by atoms with van der Waals surface area (Å²) in [5.41, 5.74) is 3.94. The summed E-state index contributed by atoms with van der Waals surface area (Å²) in [4.78, 5) is 17.2. The van der Waals surface area contributed by atoms with E-state index in [0.29, 0.717) is 11.5 Å². The number of fused-ring (bicyclic) bond motifs is 1. The van der Waals surface area contributed by atoms with E-state index in [2.05, 4.69) is 19.9 Å². The topological polar surface area (TPSA) is 71.8 Å². The molecule has 94 valence electrons.